The van der Waals surface area contributed by atoms with Crippen LogP contribution in [0.5, 0.6) is 0 Å². The molecular weight excluding hydrogens is 474 g/mol. The molecule has 0 aliphatic rings. The number of rotatable bonds is 31. The average Bonchev–Trinajstić information content (AvgIpc) is 2.91. The molecule has 0 atom stereocenters. The second-order valence-corrected chi connectivity index (χ2v) is 12.1. The minimum absolute atomic E-state index is 0.0473. The van der Waals surface area contributed by atoms with Crippen LogP contribution in [0.15, 0.2) is 0 Å². The monoisotopic (exact) mass is 541 g/mol. The molecule has 1 N–H and O–H groups in total. The van der Waals surface area contributed by atoms with E-state index >= 15 is 0 Å². The Kier molecular flexibility index (Phi) is 31.8. The lowest BCUT2D eigenvalue weighted by molar-refractivity contribution is -0.123. The van der Waals surface area contributed by atoms with Gasteiger partial charge in [0.15, 0.2) is 0 Å². The number of nitrogens with one attached hydrogen (secondary N) is 1. The van der Waals surface area contributed by atoms with Gasteiger partial charge in [-0.15, -0.1) is 0 Å². The zero-order valence-electron chi connectivity index (χ0n) is 25.6. The van der Waals surface area contributed by atoms with Crippen molar-refractivity contribution in [3.05, 3.63) is 0 Å². The Hall–Kier alpha value is -0.240. The van der Waals surface area contributed by atoms with E-state index in [0.29, 0.717) is 0 Å². The quantitative estimate of drug-likeness (QED) is 0.0685. The van der Waals surface area contributed by atoms with E-state index in [0.717, 1.165) is 12.8 Å². The number of unbranched alkanes of at least 4 members (excludes halogenated alkanes) is 26. The smallest absolute Gasteiger partial charge is 0.237 e. The van der Waals surface area contributed by atoms with Crippen LogP contribution in [0.4, 0.5) is 0 Å². The van der Waals surface area contributed by atoms with Crippen LogP contribution in [-0.4, -0.2) is 5.91 Å². The van der Waals surface area contributed by atoms with E-state index in [2.05, 4.69) is 18.7 Å². The molecule has 3 heteroatoms. The summed E-state index contributed by atoms with van der Waals surface area (Å²) in [6.07, 6.45) is 40.6. The summed E-state index contributed by atoms with van der Waals surface area (Å²) in [5.74, 6) is 0.165. The van der Waals surface area contributed by atoms with Crippen molar-refractivity contribution in [2.75, 3.05) is 0 Å². The van der Waals surface area contributed by atoms with Crippen LogP contribution in [0, 0.1) is 5.92 Å². The van der Waals surface area contributed by atoms with Gasteiger partial charge in [0.1, 0.15) is 0 Å². The molecule has 0 unspecified atom stereocenters. The van der Waals surface area contributed by atoms with E-state index < -0.39 is 0 Å². The van der Waals surface area contributed by atoms with E-state index in [1.807, 2.05) is 0 Å². The fourth-order valence-electron chi connectivity index (χ4n) is 5.65. The highest BCUT2D eigenvalue weighted by molar-refractivity contribution is 6.21. The van der Waals surface area contributed by atoms with Crippen LogP contribution in [-0.2, 0) is 4.79 Å². The summed E-state index contributed by atoms with van der Waals surface area (Å²) in [6.45, 7) is 4.58. The summed E-state index contributed by atoms with van der Waals surface area (Å²) < 4.78 is 0. The molecule has 0 rings (SSSR count). The average molecular weight is 542 g/mol. The van der Waals surface area contributed by atoms with Crippen molar-refractivity contribution in [2.24, 2.45) is 5.92 Å². The van der Waals surface area contributed by atoms with Crippen LogP contribution in [0.3, 0.4) is 0 Å². The van der Waals surface area contributed by atoms with Crippen LogP contribution in [0.2, 0.25) is 0 Å². The zero-order chi connectivity index (χ0) is 27.1. The SMILES string of the molecule is CCCCCCCCCCCCCCCCC(CCCCCCCCCCCCCCCC)C(=O)NCl. The van der Waals surface area contributed by atoms with Crippen LogP contribution in [0.1, 0.15) is 206 Å². The normalized spacial score (nSPS) is 11.5. The lowest BCUT2D eigenvalue weighted by atomic mass is 9.93. The lowest BCUT2D eigenvalue weighted by Crippen LogP contribution is -2.23. The van der Waals surface area contributed by atoms with Crippen molar-refractivity contribution in [3.8, 4) is 0 Å². The predicted octanol–water partition coefficient (Wildman–Crippen LogP) is 12.6. The van der Waals surface area contributed by atoms with Gasteiger partial charge in [-0.3, -0.25) is 9.63 Å². The maximum absolute atomic E-state index is 12.2. The molecule has 0 radical (unpaired) electrons. The van der Waals surface area contributed by atoms with Crippen LogP contribution >= 0.6 is 11.8 Å². The first-order valence-corrected chi connectivity index (χ1v) is 17.5. The second kappa shape index (κ2) is 32.0. The first-order chi connectivity index (χ1) is 18.3. The molecule has 0 aromatic heterocycles. The van der Waals surface area contributed by atoms with Crippen LogP contribution in [0.25, 0.3) is 0 Å². The first-order valence-electron chi connectivity index (χ1n) is 17.2. The molecule has 1 amide bonds. The number of amides is 1. The Morgan fingerprint density at radius 3 is 0.865 bits per heavy atom. The number of hydrogen-bond donors (Lipinski definition) is 1. The molecule has 222 valence electrons. The van der Waals surface area contributed by atoms with Crippen molar-refractivity contribution in [2.45, 2.75) is 206 Å². The van der Waals surface area contributed by atoms with Gasteiger partial charge in [-0.05, 0) is 12.8 Å². The van der Waals surface area contributed by atoms with E-state index in [9.17, 15) is 4.79 Å². The molecular formula is C34H68ClNO. The van der Waals surface area contributed by atoms with Gasteiger partial charge in [0.2, 0.25) is 5.91 Å². The third-order valence-electron chi connectivity index (χ3n) is 8.28. The standard InChI is InChI=1S/C34H68ClNO/c1-3-5-7-9-11-13-15-17-19-21-23-25-27-29-31-33(34(37)36-35)32-30-28-26-24-22-20-18-16-14-12-10-8-6-4-2/h33H,3-32H2,1-2H3,(H,36,37). The van der Waals surface area contributed by atoms with E-state index in [4.69, 9.17) is 11.8 Å². The molecule has 0 aromatic rings. The molecule has 0 saturated heterocycles. The van der Waals surface area contributed by atoms with Crippen molar-refractivity contribution >= 4 is 17.7 Å². The molecule has 0 aromatic carbocycles. The lowest BCUT2D eigenvalue weighted by Gasteiger charge is -2.14. The van der Waals surface area contributed by atoms with Crippen LogP contribution < -0.4 is 4.84 Å². The van der Waals surface area contributed by atoms with Gasteiger partial charge in [0.05, 0.1) is 0 Å². The Morgan fingerprint density at radius 1 is 0.432 bits per heavy atom. The third kappa shape index (κ3) is 28.6. The van der Waals surface area contributed by atoms with Gasteiger partial charge >= 0.3 is 0 Å². The maximum atomic E-state index is 12.2. The highest BCUT2D eigenvalue weighted by Crippen LogP contribution is 2.21. The molecule has 0 spiro atoms. The molecule has 0 aliphatic heterocycles. The molecule has 0 bridgehead atoms. The number of carbonyl (C=O) groups is 1. The minimum Gasteiger partial charge on any atom is -0.273 e. The summed E-state index contributed by atoms with van der Waals surface area (Å²) in [4.78, 5) is 14.6. The Morgan fingerprint density at radius 2 is 0.649 bits per heavy atom. The first kappa shape index (κ1) is 36.8. The number of hydrogen-bond acceptors (Lipinski definition) is 1. The summed E-state index contributed by atoms with van der Waals surface area (Å²) in [5.41, 5.74) is 0. The highest BCUT2D eigenvalue weighted by Gasteiger charge is 2.16. The Labute approximate surface area is 239 Å². The molecule has 0 saturated carbocycles. The van der Waals surface area contributed by atoms with E-state index in [1.165, 1.54) is 180 Å². The molecule has 37 heavy (non-hydrogen) atoms. The van der Waals surface area contributed by atoms with Gasteiger partial charge < -0.3 is 0 Å². The summed E-state index contributed by atoms with van der Waals surface area (Å²) in [7, 11) is 0. The molecule has 0 aliphatic carbocycles. The van der Waals surface area contributed by atoms with Gasteiger partial charge in [-0.2, -0.15) is 0 Å². The zero-order valence-corrected chi connectivity index (χ0v) is 26.3. The number of carbonyl (C=O) groups excluding carboxylic acids is 1. The Bertz CT molecular complexity index is 410. The fourth-order valence-corrected chi connectivity index (χ4v) is 5.81. The van der Waals surface area contributed by atoms with Gasteiger partial charge in [-0.1, -0.05) is 194 Å². The van der Waals surface area contributed by atoms with Gasteiger partial charge in [-0.25, -0.2) is 0 Å². The molecule has 0 fully saturated rings. The summed E-state index contributed by atoms with van der Waals surface area (Å²) in [6, 6.07) is 0. The van der Waals surface area contributed by atoms with Crippen molar-refractivity contribution in [3.63, 3.8) is 0 Å². The molecule has 0 heterocycles. The third-order valence-corrected chi connectivity index (χ3v) is 8.46. The predicted molar refractivity (Wildman–Crippen MR) is 167 cm³/mol. The van der Waals surface area contributed by atoms with Gasteiger partial charge in [0, 0.05) is 17.7 Å². The maximum Gasteiger partial charge on any atom is 0.237 e. The van der Waals surface area contributed by atoms with Crippen molar-refractivity contribution < 1.29 is 4.79 Å². The highest BCUT2D eigenvalue weighted by atomic mass is 35.5. The summed E-state index contributed by atoms with van der Waals surface area (Å²) in [5, 5.41) is 0. The summed E-state index contributed by atoms with van der Waals surface area (Å²) >= 11 is 5.68. The van der Waals surface area contributed by atoms with Crippen molar-refractivity contribution in [1.82, 2.24) is 4.84 Å². The fraction of sp³-hybridized carbons (Fsp3) is 0.971. The second-order valence-electron chi connectivity index (χ2n) is 11.9. The van der Waals surface area contributed by atoms with E-state index in [1.54, 1.807) is 0 Å². The topological polar surface area (TPSA) is 29.1 Å². The number of halogens is 1. The largest absolute Gasteiger partial charge is 0.273 e. The van der Waals surface area contributed by atoms with E-state index in [-0.39, 0.29) is 11.8 Å². The van der Waals surface area contributed by atoms with Gasteiger partial charge in [0.25, 0.3) is 0 Å². The van der Waals surface area contributed by atoms with Crippen molar-refractivity contribution in [1.29, 1.82) is 0 Å². The molecule has 2 nitrogen and oxygen atoms in total. The minimum atomic E-state index is 0.0473. The Balaban J connectivity index is 3.51.